The summed E-state index contributed by atoms with van der Waals surface area (Å²) < 4.78 is 34.1. The standard InChI is InChI=1S/C15H21F2N3O2/c1-10(2)9-20-15(18)19-7-6-11-4-5-12(21-3)13(8-11)22-14(16)17/h4-5,8,14H,1,6-7,9H2,2-3H3,(H3,18,19,20). The summed E-state index contributed by atoms with van der Waals surface area (Å²) in [4.78, 5) is 4.08. The van der Waals surface area contributed by atoms with Crippen molar-refractivity contribution < 1.29 is 18.3 Å². The molecule has 0 aliphatic heterocycles. The molecule has 0 bridgehead atoms. The number of guanidine groups is 1. The smallest absolute Gasteiger partial charge is 0.387 e. The molecule has 0 heterocycles. The van der Waals surface area contributed by atoms with Gasteiger partial charge in [0.05, 0.1) is 13.7 Å². The first-order valence-electron chi connectivity index (χ1n) is 6.72. The highest BCUT2D eigenvalue weighted by molar-refractivity contribution is 5.77. The van der Waals surface area contributed by atoms with E-state index in [-0.39, 0.29) is 11.5 Å². The first kappa shape index (κ1) is 17.7. The van der Waals surface area contributed by atoms with Crippen LogP contribution in [0.2, 0.25) is 0 Å². The highest BCUT2D eigenvalue weighted by atomic mass is 19.3. The van der Waals surface area contributed by atoms with Crippen LogP contribution in [-0.4, -0.2) is 32.8 Å². The van der Waals surface area contributed by atoms with E-state index in [0.717, 1.165) is 11.1 Å². The molecule has 0 fully saturated rings. The fourth-order valence-electron chi connectivity index (χ4n) is 1.68. The number of nitrogens with one attached hydrogen (secondary N) is 1. The Morgan fingerprint density at radius 1 is 1.41 bits per heavy atom. The first-order valence-corrected chi connectivity index (χ1v) is 6.72. The quantitative estimate of drug-likeness (QED) is 0.439. The highest BCUT2D eigenvalue weighted by Gasteiger charge is 2.11. The van der Waals surface area contributed by atoms with Crippen molar-refractivity contribution in [3.05, 3.63) is 35.9 Å². The van der Waals surface area contributed by atoms with Gasteiger partial charge in [-0.05, 0) is 31.0 Å². The molecule has 5 nitrogen and oxygen atoms in total. The summed E-state index contributed by atoms with van der Waals surface area (Å²) in [6.45, 7) is 3.68. The average Bonchev–Trinajstić information content (AvgIpc) is 2.45. The fourth-order valence-corrected chi connectivity index (χ4v) is 1.68. The van der Waals surface area contributed by atoms with Crippen LogP contribution in [0.1, 0.15) is 12.5 Å². The van der Waals surface area contributed by atoms with Crippen LogP contribution < -0.4 is 20.5 Å². The minimum atomic E-state index is -2.90. The Bertz CT molecular complexity index is 534. The van der Waals surface area contributed by atoms with Crippen LogP contribution in [0.15, 0.2) is 35.3 Å². The molecule has 3 N–H and O–H groups in total. The van der Waals surface area contributed by atoms with Gasteiger partial charge in [-0.15, -0.1) is 0 Å². The molecule has 1 rings (SSSR count). The number of hydrogen-bond donors (Lipinski definition) is 2. The number of alkyl halides is 2. The van der Waals surface area contributed by atoms with Crippen molar-refractivity contribution in [3.63, 3.8) is 0 Å². The number of hydrogen-bond acceptors (Lipinski definition) is 3. The van der Waals surface area contributed by atoms with E-state index in [2.05, 4.69) is 21.6 Å². The molecule has 122 valence electrons. The van der Waals surface area contributed by atoms with Crippen molar-refractivity contribution >= 4 is 5.96 Å². The number of ether oxygens (including phenoxy) is 2. The van der Waals surface area contributed by atoms with Gasteiger partial charge in [-0.1, -0.05) is 18.2 Å². The van der Waals surface area contributed by atoms with Crippen LogP contribution in [0.4, 0.5) is 8.78 Å². The van der Waals surface area contributed by atoms with Crippen molar-refractivity contribution in [2.45, 2.75) is 20.0 Å². The molecule has 1 aromatic carbocycles. The normalized spacial score (nSPS) is 11.4. The van der Waals surface area contributed by atoms with E-state index in [0.29, 0.717) is 25.5 Å². The monoisotopic (exact) mass is 313 g/mol. The third kappa shape index (κ3) is 6.43. The summed E-state index contributed by atoms with van der Waals surface area (Å²) >= 11 is 0. The van der Waals surface area contributed by atoms with Gasteiger partial charge < -0.3 is 20.5 Å². The molecule has 0 aromatic heterocycles. The molecule has 0 aliphatic carbocycles. The number of rotatable bonds is 8. The van der Waals surface area contributed by atoms with Crippen molar-refractivity contribution in [2.75, 3.05) is 20.2 Å². The van der Waals surface area contributed by atoms with Gasteiger partial charge in [-0.2, -0.15) is 8.78 Å². The molecule has 1 aromatic rings. The van der Waals surface area contributed by atoms with Crippen molar-refractivity contribution in [1.82, 2.24) is 5.32 Å². The van der Waals surface area contributed by atoms with Crippen LogP contribution in [-0.2, 0) is 6.42 Å². The molecule has 0 atom stereocenters. The van der Waals surface area contributed by atoms with E-state index in [1.54, 1.807) is 12.1 Å². The van der Waals surface area contributed by atoms with Crippen LogP contribution in [0, 0.1) is 0 Å². The van der Waals surface area contributed by atoms with E-state index in [1.165, 1.54) is 13.2 Å². The lowest BCUT2D eigenvalue weighted by Gasteiger charge is -2.12. The molecule has 22 heavy (non-hydrogen) atoms. The van der Waals surface area contributed by atoms with E-state index >= 15 is 0 Å². The second-order valence-corrected chi connectivity index (χ2v) is 4.70. The fraction of sp³-hybridized carbons (Fsp3) is 0.400. The Kier molecular flexibility index (Phi) is 7.15. The van der Waals surface area contributed by atoms with Gasteiger partial charge in [0.1, 0.15) is 0 Å². The van der Waals surface area contributed by atoms with Crippen LogP contribution in [0.25, 0.3) is 0 Å². The molecular formula is C15H21F2N3O2. The minimum absolute atomic E-state index is 0.0129. The number of nitrogens with two attached hydrogens (primary N) is 1. The maximum absolute atomic E-state index is 12.3. The average molecular weight is 313 g/mol. The van der Waals surface area contributed by atoms with Gasteiger partial charge in [-0.25, -0.2) is 4.99 Å². The van der Waals surface area contributed by atoms with Gasteiger partial charge in [0.15, 0.2) is 17.5 Å². The third-order valence-electron chi connectivity index (χ3n) is 2.68. The maximum atomic E-state index is 12.3. The molecule has 0 amide bonds. The number of halogens is 2. The first-order chi connectivity index (χ1) is 10.4. The van der Waals surface area contributed by atoms with E-state index in [4.69, 9.17) is 10.5 Å². The van der Waals surface area contributed by atoms with E-state index in [1.807, 2.05) is 6.92 Å². The predicted molar refractivity (Wildman–Crippen MR) is 82.6 cm³/mol. The lowest BCUT2D eigenvalue weighted by atomic mass is 10.1. The zero-order valence-corrected chi connectivity index (χ0v) is 12.7. The molecule has 0 aliphatic rings. The van der Waals surface area contributed by atoms with Gasteiger partial charge in [-0.3, -0.25) is 0 Å². The maximum Gasteiger partial charge on any atom is 0.387 e. The Morgan fingerprint density at radius 2 is 2.14 bits per heavy atom. The van der Waals surface area contributed by atoms with Crippen LogP contribution >= 0.6 is 0 Å². The van der Waals surface area contributed by atoms with Crippen LogP contribution in [0.3, 0.4) is 0 Å². The molecule has 0 saturated heterocycles. The van der Waals surface area contributed by atoms with Crippen molar-refractivity contribution in [1.29, 1.82) is 0 Å². The zero-order valence-electron chi connectivity index (χ0n) is 12.7. The summed E-state index contributed by atoms with van der Waals surface area (Å²) in [5, 5.41) is 2.94. The lowest BCUT2D eigenvalue weighted by molar-refractivity contribution is -0.0512. The molecule has 0 unspecified atom stereocenters. The number of methoxy groups -OCH3 is 1. The second kappa shape index (κ2) is 8.86. The van der Waals surface area contributed by atoms with Gasteiger partial charge in [0, 0.05) is 6.54 Å². The van der Waals surface area contributed by atoms with Crippen molar-refractivity contribution in [2.24, 2.45) is 10.7 Å². The highest BCUT2D eigenvalue weighted by Crippen LogP contribution is 2.29. The predicted octanol–water partition coefficient (Wildman–Crippen LogP) is 2.32. The Morgan fingerprint density at radius 3 is 2.73 bits per heavy atom. The Hall–Kier alpha value is -2.31. The number of aliphatic imine (C=N–C) groups is 1. The summed E-state index contributed by atoms with van der Waals surface area (Å²) in [6.07, 6.45) is 0.576. The largest absolute Gasteiger partial charge is 0.493 e. The lowest BCUT2D eigenvalue weighted by Crippen LogP contribution is -2.33. The Labute approximate surface area is 128 Å². The number of benzene rings is 1. The molecule has 0 spiro atoms. The van der Waals surface area contributed by atoms with Crippen molar-refractivity contribution in [3.8, 4) is 11.5 Å². The Balaban J connectivity index is 2.59. The second-order valence-electron chi connectivity index (χ2n) is 4.70. The van der Waals surface area contributed by atoms with E-state index in [9.17, 15) is 8.78 Å². The SMILES string of the molecule is C=C(C)CN=C(N)NCCc1ccc(OC)c(OC(F)F)c1. The zero-order chi connectivity index (χ0) is 16.5. The summed E-state index contributed by atoms with van der Waals surface area (Å²) in [5.41, 5.74) is 7.41. The molecule has 0 radical (unpaired) electrons. The molecular weight excluding hydrogens is 292 g/mol. The summed E-state index contributed by atoms with van der Waals surface area (Å²) in [5.74, 6) is 0.596. The summed E-state index contributed by atoms with van der Waals surface area (Å²) in [7, 11) is 1.40. The van der Waals surface area contributed by atoms with Gasteiger partial charge >= 0.3 is 6.61 Å². The third-order valence-corrected chi connectivity index (χ3v) is 2.68. The van der Waals surface area contributed by atoms with E-state index < -0.39 is 6.61 Å². The molecule has 0 saturated carbocycles. The topological polar surface area (TPSA) is 68.9 Å². The number of nitrogens with zero attached hydrogens (tertiary/aromatic N) is 1. The molecule has 7 heteroatoms. The minimum Gasteiger partial charge on any atom is -0.493 e. The van der Waals surface area contributed by atoms with Gasteiger partial charge in [0.2, 0.25) is 0 Å². The van der Waals surface area contributed by atoms with Crippen LogP contribution in [0.5, 0.6) is 11.5 Å². The summed E-state index contributed by atoms with van der Waals surface area (Å²) in [6, 6.07) is 4.89. The van der Waals surface area contributed by atoms with Gasteiger partial charge in [0.25, 0.3) is 0 Å².